The highest BCUT2D eigenvalue weighted by atomic mass is 14.0. The van der Waals surface area contributed by atoms with Gasteiger partial charge in [0.25, 0.3) is 0 Å². The van der Waals surface area contributed by atoms with Crippen molar-refractivity contribution in [2.45, 2.75) is 33.1 Å². The summed E-state index contributed by atoms with van der Waals surface area (Å²) in [7, 11) is 0. The van der Waals surface area contributed by atoms with Crippen molar-refractivity contribution in [1.82, 2.24) is 0 Å². The quantitative estimate of drug-likeness (QED) is 0.489. The fraction of sp³-hybridized carbons (Fsp3) is 0.333. The van der Waals surface area contributed by atoms with Crippen LogP contribution in [-0.4, -0.2) is 0 Å². The first kappa shape index (κ1) is 11.8. The summed E-state index contributed by atoms with van der Waals surface area (Å²) in [6.07, 6.45) is 9.55. The van der Waals surface area contributed by atoms with Crippen molar-refractivity contribution in [3.8, 4) is 0 Å². The molecule has 0 heterocycles. The molecule has 1 aromatic rings. The lowest BCUT2D eigenvalue weighted by Gasteiger charge is -2.03. The highest BCUT2D eigenvalue weighted by molar-refractivity contribution is 5.28. The van der Waals surface area contributed by atoms with Crippen LogP contribution in [0.2, 0.25) is 0 Å². The Labute approximate surface area is 93.3 Å². The van der Waals surface area contributed by atoms with Crippen LogP contribution in [-0.2, 0) is 6.42 Å². The van der Waals surface area contributed by atoms with E-state index in [2.05, 4.69) is 44.7 Å². The Morgan fingerprint density at radius 1 is 1.13 bits per heavy atom. The molecule has 0 fully saturated rings. The summed E-state index contributed by atoms with van der Waals surface area (Å²) in [6, 6.07) is 6.79. The second-order valence-electron chi connectivity index (χ2n) is 4.05. The van der Waals surface area contributed by atoms with Gasteiger partial charge in [-0.1, -0.05) is 54.1 Å². The molecule has 0 saturated heterocycles. The summed E-state index contributed by atoms with van der Waals surface area (Å²) < 4.78 is 0. The molecular formula is C15H20. The van der Waals surface area contributed by atoms with Crippen LogP contribution in [0.5, 0.6) is 0 Å². The maximum absolute atomic E-state index is 3.65. The van der Waals surface area contributed by atoms with Gasteiger partial charge in [-0.2, -0.15) is 0 Å². The average Bonchev–Trinajstić information content (AvgIpc) is 2.16. The van der Waals surface area contributed by atoms with Crippen molar-refractivity contribution in [3.05, 3.63) is 59.7 Å². The molecule has 0 radical (unpaired) electrons. The van der Waals surface area contributed by atoms with Gasteiger partial charge < -0.3 is 0 Å². The summed E-state index contributed by atoms with van der Waals surface area (Å²) in [4.78, 5) is 0. The van der Waals surface area contributed by atoms with E-state index in [4.69, 9.17) is 0 Å². The smallest absolute Gasteiger partial charge is 0.0276 e. The summed E-state index contributed by atoms with van der Waals surface area (Å²) in [5.41, 5.74) is 4.19. The molecule has 0 aromatic heterocycles. The second-order valence-corrected chi connectivity index (χ2v) is 4.05. The van der Waals surface area contributed by atoms with Crippen molar-refractivity contribution in [2.24, 2.45) is 0 Å². The van der Waals surface area contributed by atoms with E-state index >= 15 is 0 Å². The average molecular weight is 200 g/mol. The predicted molar refractivity (Wildman–Crippen MR) is 68.2 cm³/mol. The first-order valence-electron chi connectivity index (χ1n) is 5.57. The highest BCUT2D eigenvalue weighted by Gasteiger charge is 1.95. The zero-order valence-corrected chi connectivity index (χ0v) is 9.79. The van der Waals surface area contributed by atoms with E-state index in [1.165, 1.54) is 29.5 Å². The van der Waals surface area contributed by atoms with E-state index < -0.39 is 0 Å². The molecule has 0 aliphatic heterocycles. The molecule has 0 heteroatoms. The molecule has 0 saturated carbocycles. The Balaban J connectivity index is 2.43. The van der Waals surface area contributed by atoms with Gasteiger partial charge in [0.2, 0.25) is 0 Å². The van der Waals surface area contributed by atoms with E-state index in [9.17, 15) is 0 Å². The zero-order chi connectivity index (χ0) is 11.1. The predicted octanol–water partition coefficient (Wildman–Crippen LogP) is 4.37. The minimum absolute atomic E-state index is 1.14. The molecular weight excluding hydrogens is 180 g/mol. The van der Waals surface area contributed by atoms with E-state index in [1.54, 1.807) is 0 Å². The minimum atomic E-state index is 1.14. The molecule has 0 spiro atoms. The van der Waals surface area contributed by atoms with E-state index in [1.807, 2.05) is 12.2 Å². The SMILES string of the molecule is C=C/C=C/CCCc1cc(C)cc(C)c1. The molecule has 0 nitrogen and oxygen atoms in total. The van der Waals surface area contributed by atoms with Gasteiger partial charge in [0.15, 0.2) is 0 Å². The summed E-state index contributed by atoms with van der Waals surface area (Å²) >= 11 is 0. The van der Waals surface area contributed by atoms with Crippen LogP contribution in [0.1, 0.15) is 29.5 Å². The molecule has 0 aliphatic rings. The lowest BCUT2D eigenvalue weighted by Crippen LogP contribution is -1.87. The van der Waals surface area contributed by atoms with Crippen molar-refractivity contribution in [1.29, 1.82) is 0 Å². The fourth-order valence-corrected chi connectivity index (χ4v) is 1.83. The molecule has 0 amide bonds. The molecule has 15 heavy (non-hydrogen) atoms. The Morgan fingerprint density at radius 3 is 2.40 bits per heavy atom. The molecule has 1 aromatic carbocycles. The van der Waals surface area contributed by atoms with Crippen molar-refractivity contribution in [3.63, 3.8) is 0 Å². The minimum Gasteiger partial charge on any atom is -0.0991 e. The third-order valence-corrected chi connectivity index (χ3v) is 2.39. The Kier molecular flexibility index (Phi) is 4.89. The molecule has 0 atom stereocenters. The summed E-state index contributed by atoms with van der Waals surface area (Å²) in [6.45, 7) is 7.97. The lowest BCUT2D eigenvalue weighted by molar-refractivity contribution is 0.841. The van der Waals surface area contributed by atoms with Gasteiger partial charge in [-0.15, -0.1) is 0 Å². The van der Waals surface area contributed by atoms with Crippen LogP contribution >= 0.6 is 0 Å². The second kappa shape index (κ2) is 6.23. The molecule has 1 rings (SSSR count). The monoisotopic (exact) mass is 200 g/mol. The Morgan fingerprint density at radius 2 is 1.80 bits per heavy atom. The third-order valence-electron chi connectivity index (χ3n) is 2.39. The number of hydrogen-bond donors (Lipinski definition) is 0. The van der Waals surface area contributed by atoms with Gasteiger partial charge in [0.05, 0.1) is 0 Å². The standard InChI is InChI=1S/C15H20/c1-4-5-6-7-8-9-15-11-13(2)10-14(3)12-15/h4-6,10-12H,1,7-9H2,2-3H3/b6-5+. The maximum Gasteiger partial charge on any atom is -0.0276 e. The number of allylic oxidation sites excluding steroid dienone is 3. The van der Waals surface area contributed by atoms with Crippen molar-refractivity contribution >= 4 is 0 Å². The van der Waals surface area contributed by atoms with Crippen LogP contribution in [0, 0.1) is 13.8 Å². The fourth-order valence-electron chi connectivity index (χ4n) is 1.83. The summed E-state index contributed by atoms with van der Waals surface area (Å²) in [5, 5.41) is 0. The number of hydrogen-bond acceptors (Lipinski definition) is 0. The Hall–Kier alpha value is -1.30. The number of aryl methyl sites for hydroxylation is 3. The number of unbranched alkanes of at least 4 members (excludes halogenated alkanes) is 1. The molecule has 0 unspecified atom stereocenters. The van der Waals surface area contributed by atoms with Gasteiger partial charge in [0.1, 0.15) is 0 Å². The van der Waals surface area contributed by atoms with Crippen LogP contribution in [0.3, 0.4) is 0 Å². The number of rotatable bonds is 5. The molecule has 0 aliphatic carbocycles. The number of benzene rings is 1. The third kappa shape index (κ3) is 4.64. The Bertz CT molecular complexity index is 325. The van der Waals surface area contributed by atoms with Gasteiger partial charge in [-0.25, -0.2) is 0 Å². The van der Waals surface area contributed by atoms with Crippen LogP contribution < -0.4 is 0 Å². The van der Waals surface area contributed by atoms with E-state index in [-0.39, 0.29) is 0 Å². The zero-order valence-electron chi connectivity index (χ0n) is 9.79. The van der Waals surface area contributed by atoms with Gasteiger partial charge in [-0.05, 0) is 38.7 Å². The van der Waals surface area contributed by atoms with E-state index in [0.717, 1.165) is 6.42 Å². The first-order valence-corrected chi connectivity index (χ1v) is 5.57. The summed E-state index contributed by atoms with van der Waals surface area (Å²) in [5.74, 6) is 0. The highest BCUT2D eigenvalue weighted by Crippen LogP contribution is 2.11. The van der Waals surface area contributed by atoms with Crippen LogP contribution in [0.25, 0.3) is 0 Å². The largest absolute Gasteiger partial charge is 0.0991 e. The molecule has 0 N–H and O–H groups in total. The van der Waals surface area contributed by atoms with Crippen LogP contribution in [0.4, 0.5) is 0 Å². The van der Waals surface area contributed by atoms with Crippen molar-refractivity contribution < 1.29 is 0 Å². The lowest BCUT2D eigenvalue weighted by atomic mass is 10.0. The first-order chi connectivity index (χ1) is 7.22. The molecule has 0 bridgehead atoms. The van der Waals surface area contributed by atoms with Gasteiger partial charge in [-0.3, -0.25) is 0 Å². The van der Waals surface area contributed by atoms with Crippen LogP contribution in [0.15, 0.2) is 43.0 Å². The van der Waals surface area contributed by atoms with Crippen molar-refractivity contribution in [2.75, 3.05) is 0 Å². The maximum atomic E-state index is 3.65. The van der Waals surface area contributed by atoms with E-state index in [0.29, 0.717) is 0 Å². The van der Waals surface area contributed by atoms with Gasteiger partial charge >= 0.3 is 0 Å². The topological polar surface area (TPSA) is 0 Å². The van der Waals surface area contributed by atoms with Gasteiger partial charge in [0, 0.05) is 0 Å². The normalized spacial score (nSPS) is 10.8. The molecule has 80 valence electrons.